The number of amides is 3. The van der Waals surface area contributed by atoms with E-state index in [0.717, 1.165) is 16.3 Å². The Morgan fingerprint density at radius 1 is 1.17 bits per heavy atom. The Hall–Kier alpha value is -2.73. The number of benzene rings is 2. The molecule has 3 aliphatic heterocycles. The minimum absolute atomic E-state index is 0.0441. The molecule has 0 bridgehead atoms. The number of hydrogen-bond acceptors (Lipinski definition) is 4. The molecule has 3 heterocycles. The maximum Gasteiger partial charge on any atom is 0.256 e. The zero-order valence-corrected chi connectivity index (χ0v) is 17.2. The van der Waals surface area contributed by atoms with Crippen molar-refractivity contribution in [3.63, 3.8) is 0 Å². The van der Waals surface area contributed by atoms with Gasteiger partial charge in [-0.1, -0.05) is 45.0 Å². The molecule has 6 nitrogen and oxygen atoms in total. The lowest BCUT2D eigenvalue weighted by atomic mass is 9.86. The van der Waals surface area contributed by atoms with Crippen LogP contribution in [-0.2, 0) is 15.3 Å². The highest BCUT2D eigenvalue weighted by Gasteiger charge is 2.71. The van der Waals surface area contributed by atoms with Gasteiger partial charge in [0.25, 0.3) is 11.8 Å². The second-order valence-electron chi connectivity index (χ2n) is 8.66. The van der Waals surface area contributed by atoms with E-state index in [2.05, 4.69) is 13.8 Å². The van der Waals surface area contributed by atoms with Crippen molar-refractivity contribution in [3.05, 3.63) is 47.5 Å². The number of hydrogen-bond donors (Lipinski definition) is 0. The molecule has 3 aliphatic rings. The highest BCUT2D eigenvalue weighted by atomic mass is 16.2. The van der Waals surface area contributed by atoms with Gasteiger partial charge in [-0.3, -0.25) is 14.4 Å². The molecule has 29 heavy (non-hydrogen) atoms. The van der Waals surface area contributed by atoms with Crippen LogP contribution in [0.3, 0.4) is 0 Å². The first-order chi connectivity index (χ1) is 13.8. The van der Waals surface area contributed by atoms with Gasteiger partial charge in [-0.25, -0.2) is 5.01 Å². The number of fused-ring (bicyclic) bond motifs is 2. The molecule has 0 unspecified atom stereocenters. The molecular formula is C23H25N3O3. The summed E-state index contributed by atoms with van der Waals surface area (Å²) < 4.78 is 0. The van der Waals surface area contributed by atoms with E-state index in [-0.39, 0.29) is 36.1 Å². The van der Waals surface area contributed by atoms with Crippen molar-refractivity contribution in [2.75, 3.05) is 6.54 Å². The number of carbonyl (C=O) groups is 3. The Bertz CT molecular complexity index is 1080. The predicted molar refractivity (Wildman–Crippen MR) is 108 cm³/mol. The fraction of sp³-hybridized carbons (Fsp3) is 0.435. The number of nitrogens with zero attached hydrogens (tertiary/aromatic N) is 3. The van der Waals surface area contributed by atoms with Crippen LogP contribution in [0.15, 0.2) is 36.4 Å². The Morgan fingerprint density at radius 3 is 2.45 bits per heavy atom. The van der Waals surface area contributed by atoms with Gasteiger partial charge in [0.2, 0.25) is 5.91 Å². The fourth-order valence-electron chi connectivity index (χ4n) is 5.49. The lowest BCUT2D eigenvalue weighted by molar-refractivity contribution is -0.159. The van der Waals surface area contributed by atoms with Gasteiger partial charge in [0.15, 0.2) is 5.66 Å². The molecule has 0 saturated carbocycles. The zero-order valence-electron chi connectivity index (χ0n) is 17.2. The Labute approximate surface area is 170 Å². The van der Waals surface area contributed by atoms with Crippen LogP contribution in [0.5, 0.6) is 0 Å². The van der Waals surface area contributed by atoms with Crippen molar-refractivity contribution >= 4 is 28.5 Å². The largest absolute Gasteiger partial charge is 0.309 e. The minimum atomic E-state index is -0.923. The summed E-state index contributed by atoms with van der Waals surface area (Å²) in [5.41, 5.74) is 0.564. The van der Waals surface area contributed by atoms with Gasteiger partial charge < -0.3 is 4.90 Å². The monoisotopic (exact) mass is 391 g/mol. The molecule has 5 rings (SSSR count). The quantitative estimate of drug-likeness (QED) is 0.789. The highest BCUT2D eigenvalue weighted by Crippen LogP contribution is 2.57. The average Bonchev–Trinajstić information content (AvgIpc) is 3.26. The molecule has 0 N–H and O–H groups in total. The molecule has 0 aromatic heterocycles. The van der Waals surface area contributed by atoms with Crippen LogP contribution >= 0.6 is 0 Å². The van der Waals surface area contributed by atoms with E-state index >= 15 is 0 Å². The SMILES string of the molecule is CCC(=O)N1C(=O)[C@H](C)[C@@]23c4cc5ccccc5cc4C(=O)N2[C@@H](C(C)C)CN13. The maximum atomic E-state index is 13.7. The van der Waals surface area contributed by atoms with Crippen molar-refractivity contribution in [1.29, 1.82) is 0 Å². The normalized spacial score (nSPS) is 28.4. The topological polar surface area (TPSA) is 60.9 Å². The summed E-state index contributed by atoms with van der Waals surface area (Å²) in [5.74, 6) is -0.806. The predicted octanol–water partition coefficient (Wildman–Crippen LogP) is 3.12. The first-order valence-electron chi connectivity index (χ1n) is 10.3. The first kappa shape index (κ1) is 18.3. The Kier molecular flexibility index (Phi) is 3.72. The third kappa shape index (κ3) is 2.02. The molecule has 150 valence electrons. The molecule has 1 spiro atoms. The van der Waals surface area contributed by atoms with Gasteiger partial charge in [-0.2, -0.15) is 5.01 Å². The minimum Gasteiger partial charge on any atom is -0.309 e. The van der Waals surface area contributed by atoms with Crippen LogP contribution < -0.4 is 0 Å². The fourth-order valence-corrected chi connectivity index (χ4v) is 5.49. The first-order valence-corrected chi connectivity index (χ1v) is 10.3. The summed E-state index contributed by atoms with van der Waals surface area (Å²) in [7, 11) is 0. The van der Waals surface area contributed by atoms with Crippen molar-refractivity contribution in [2.45, 2.75) is 45.8 Å². The summed E-state index contributed by atoms with van der Waals surface area (Å²) in [6.07, 6.45) is 0.246. The molecule has 3 amide bonds. The van der Waals surface area contributed by atoms with E-state index in [1.807, 2.05) is 53.2 Å². The zero-order chi connectivity index (χ0) is 20.7. The van der Waals surface area contributed by atoms with Gasteiger partial charge >= 0.3 is 0 Å². The molecule has 6 heteroatoms. The lowest BCUT2D eigenvalue weighted by Gasteiger charge is -2.38. The summed E-state index contributed by atoms with van der Waals surface area (Å²) in [4.78, 5) is 41.5. The van der Waals surface area contributed by atoms with E-state index in [9.17, 15) is 14.4 Å². The summed E-state index contributed by atoms with van der Waals surface area (Å²) >= 11 is 0. The van der Waals surface area contributed by atoms with Crippen LogP contribution in [0.1, 0.15) is 50.0 Å². The highest BCUT2D eigenvalue weighted by molar-refractivity contribution is 6.07. The van der Waals surface area contributed by atoms with Crippen molar-refractivity contribution in [1.82, 2.24) is 14.9 Å². The van der Waals surface area contributed by atoms with Gasteiger partial charge in [-0.15, -0.1) is 0 Å². The molecule has 0 aliphatic carbocycles. The Balaban J connectivity index is 1.82. The second kappa shape index (κ2) is 5.89. The maximum absolute atomic E-state index is 13.7. The van der Waals surface area contributed by atoms with Gasteiger partial charge in [0, 0.05) is 24.1 Å². The van der Waals surface area contributed by atoms with Crippen LogP contribution in [-0.4, -0.2) is 45.2 Å². The summed E-state index contributed by atoms with van der Waals surface area (Å²) in [6, 6.07) is 11.9. The van der Waals surface area contributed by atoms with Gasteiger partial charge in [-0.05, 0) is 35.7 Å². The molecular weight excluding hydrogens is 366 g/mol. The second-order valence-corrected chi connectivity index (χ2v) is 8.66. The third-order valence-electron chi connectivity index (χ3n) is 6.92. The van der Waals surface area contributed by atoms with E-state index in [0.29, 0.717) is 12.1 Å². The lowest BCUT2D eigenvalue weighted by Crippen LogP contribution is -2.52. The van der Waals surface area contributed by atoms with Crippen molar-refractivity contribution in [2.24, 2.45) is 11.8 Å². The molecule has 0 radical (unpaired) electrons. The molecule has 3 atom stereocenters. The molecule has 2 saturated heterocycles. The number of hydrazine groups is 1. The summed E-state index contributed by atoms with van der Waals surface area (Å²) in [6.45, 7) is 8.28. The van der Waals surface area contributed by atoms with E-state index < -0.39 is 11.6 Å². The Morgan fingerprint density at radius 2 is 1.83 bits per heavy atom. The number of imide groups is 1. The van der Waals surface area contributed by atoms with Gasteiger partial charge in [0.1, 0.15) is 0 Å². The van der Waals surface area contributed by atoms with Crippen LogP contribution in [0, 0.1) is 11.8 Å². The third-order valence-corrected chi connectivity index (χ3v) is 6.92. The van der Waals surface area contributed by atoms with E-state index in [1.165, 1.54) is 5.01 Å². The van der Waals surface area contributed by atoms with E-state index in [4.69, 9.17) is 0 Å². The molecule has 2 aromatic carbocycles. The van der Waals surface area contributed by atoms with Crippen molar-refractivity contribution in [3.8, 4) is 0 Å². The van der Waals surface area contributed by atoms with Crippen molar-refractivity contribution < 1.29 is 14.4 Å². The number of carbonyl (C=O) groups excluding carboxylic acids is 3. The van der Waals surface area contributed by atoms with Crippen LogP contribution in [0.2, 0.25) is 0 Å². The standard InChI is InChI=1S/C23H25N3O3/c1-5-20(27)26-21(28)14(4)23-18-11-16-9-7-6-8-15(16)10-17(18)22(29)25(23)19(13(2)3)12-24(23)26/h6-11,13-14,19H,5,12H2,1-4H3/t14-,19+,23-/m0/s1. The molecule has 2 fully saturated rings. The average molecular weight is 391 g/mol. The smallest absolute Gasteiger partial charge is 0.256 e. The van der Waals surface area contributed by atoms with Crippen LogP contribution in [0.25, 0.3) is 10.8 Å². The number of rotatable bonds is 2. The van der Waals surface area contributed by atoms with E-state index in [1.54, 1.807) is 6.92 Å². The molecule has 2 aromatic rings. The van der Waals surface area contributed by atoms with Gasteiger partial charge in [0.05, 0.1) is 12.0 Å². The summed E-state index contributed by atoms with van der Waals surface area (Å²) in [5, 5.41) is 5.23. The van der Waals surface area contributed by atoms with Crippen LogP contribution in [0.4, 0.5) is 0 Å².